The van der Waals surface area contributed by atoms with Crippen LogP contribution >= 0.6 is 11.6 Å². The molecule has 0 aliphatic heterocycles. The second kappa shape index (κ2) is 5.12. The molecule has 0 radical (unpaired) electrons. The first-order valence-corrected chi connectivity index (χ1v) is 8.28. The highest BCUT2D eigenvalue weighted by Crippen LogP contribution is 2.49. The molecule has 0 heterocycles. The van der Waals surface area contributed by atoms with Crippen molar-refractivity contribution >= 4 is 22.4 Å². The molecular formula is C22H13ClO. The summed E-state index contributed by atoms with van der Waals surface area (Å²) >= 11 is 6.25. The van der Waals surface area contributed by atoms with Crippen molar-refractivity contribution in [2.24, 2.45) is 0 Å². The summed E-state index contributed by atoms with van der Waals surface area (Å²) < 4.78 is 6.13. The van der Waals surface area contributed by atoms with E-state index in [9.17, 15) is 0 Å². The Hall–Kier alpha value is -2.77. The minimum absolute atomic E-state index is 0.615. The molecule has 0 saturated carbocycles. The Bertz CT molecular complexity index is 1070. The Labute approximate surface area is 145 Å². The second-order valence-electron chi connectivity index (χ2n) is 5.92. The summed E-state index contributed by atoms with van der Waals surface area (Å²) in [5.41, 5.74) is 5.10. The Kier molecular flexibility index (Phi) is 2.91. The third kappa shape index (κ3) is 1.88. The summed E-state index contributed by atoms with van der Waals surface area (Å²) in [6.45, 7) is 0. The van der Waals surface area contributed by atoms with E-state index in [1.165, 1.54) is 27.6 Å². The molecule has 1 aliphatic carbocycles. The molecule has 0 spiro atoms. The van der Waals surface area contributed by atoms with Crippen LogP contribution in [0.4, 0.5) is 0 Å². The van der Waals surface area contributed by atoms with Crippen LogP contribution in [0.5, 0.6) is 11.5 Å². The average Bonchev–Trinajstić information content (AvgIpc) is 2.95. The van der Waals surface area contributed by atoms with Crippen LogP contribution in [-0.4, -0.2) is 0 Å². The number of benzene rings is 4. The van der Waals surface area contributed by atoms with Crippen molar-refractivity contribution in [3.8, 4) is 33.8 Å². The predicted molar refractivity (Wildman–Crippen MR) is 99.9 cm³/mol. The normalized spacial score (nSPS) is 11.5. The van der Waals surface area contributed by atoms with Crippen molar-refractivity contribution in [2.75, 3.05) is 0 Å². The van der Waals surface area contributed by atoms with E-state index in [4.69, 9.17) is 16.3 Å². The van der Waals surface area contributed by atoms with E-state index in [0.29, 0.717) is 10.8 Å². The Morgan fingerprint density at radius 2 is 1.21 bits per heavy atom. The highest BCUT2D eigenvalue weighted by Gasteiger charge is 2.22. The van der Waals surface area contributed by atoms with E-state index in [2.05, 4.69) is 48.5 Å². The van der Waals surface area contributed by atoms with Gasteiger partial charge in [-0.05, 0) is 46.5 Å². The van der Waals surface area contributed by atoms with Crippen molar-refractivity contribution < 1.29 is 4.74 Å². The average molecular weight is 329 g/mol. The van der Waals surface area contributed by atoms with Crippen LogP contribution in [0.2, 0.25) is 5.02 Å². The van der Waals surface area contributed by atoms with Gasteiger partial charge < -0.3 is 4.74 Å². The summed E-state index contributed by atoms with van der Waals surface area (Å²) in [4.78, 5) is 0. The minimum atomic E-state index is 0.615. The third-order valence-corrected chi connectivity index (χ3v) is 4.88. The predicted octanol–water partition coefficient (Wildman–Crippen LogP) is 6.93. The van der Waals surface area contributed by atoms with E-state index >= 15 is 0 Å². The Morgan fingerprint density at radius 3 is 2.00 bits per heavy atom. The molecule has 4 aromatic carbocycles. The number of rotatable bonds is 2. The number of ether oxygens (including phenoxy) is 1. The lowest BCUT2D eigenvalue weighted by Crippen LogP contribution is -1.87. The fourth-order valence-electron chi connectivity index (χ4n) is 3.52. The molecule has 114 valence electrons. The van der Waals surface area contributed by atoms with Crippen molar-refractivity contribution in [3.63, 3.8) is 0 Å². The highest BCUT2D eigenvalue weighted by molar-refractivity contribution is 6.32. The molecule has 4 aromatic rings. The molecule has 0 bridgehead atoms. The Balaban J connectivity index is 1.75. The second-order valence-corrected chi connectivity index (χ2v) is 6.32. The van der Waals surface area contributed by atoms with E-state index in [1.54, 1.807) is 0 Å². The Morgan fingerprint density at radius 1 is 0.542 bits per heavy atom. The standard InChI is InChI=1S/C22H13ClO/c23-19-10-3-4-11-21(19)24-20-13-12-17-15-7-2-1-6-14(15)16-8-5-9-18(20)22(16)17/h1-13H. The first-order valence-electron chi connectivity index (χ1n) is 7.91. The zero-order chi connectivity index (χ0) is 16.1. The van der Waals surface area contributed by atoms with Crippen LogP contribution in [-0.2, 0) is 0 Å². The van der Waals surface area contributed by atoms with Gasteiger partial charge in [-0.1, -0.05) is 66.2 Å². The fourth-order valence-corrected chi connectivity index (χ4v) is 3.69. The molecule has 0 amide bonds. The molecular weight excluding hydrogens is 316 g/mol. The van der Waals surface area contributed by atoms with Gasteiger partial charge in [-0.3, -0.25) is 0 Å². The molecule has 0 saturated heterocycles. The largest absolute Gasteiger partial charge is 0.455 e. The minimum Gasteiger partial charge on any atom is -0.455 e. The van der Waals surface area contributed by atoms with Gasteiger partial charge in [0.05, 0.1) is 5.02 Å². The molecule has 0 N–H and O–H groups in total. The van der Waals surface area contributed by atoms with Gasteiger partial charge in [0, 0.05) is 10.8 Å². The lowest BCUT2D eigenvalue weighted by molar-refractivity contribution is 0.488. The molecule has 0 fully saturated rings. The van der Waals surface area contributed by atoms with Crippen molar-refractivity contribution in [3.05, 3.63) is 83.9 Å². The number of hydrogen-bond donors (Lipinski definition) is 0. The third-order valence-electron chi connectivity index (χ3n) is 4.56. The molecule has 24 heavy (non-hydrogen) atoms. The summed E-state index contributed by atoms with van der Waals surface area (Å²) in [6.07, 6.45) is 0. The van der Waals surface area contributed by atoms with Crippen LogP contribution in [0.15, 0.2) is 78.9 Å². The fraction of sp³-hybridized carbons (Fsp3) is 0. The van der Waals surface area contributed by atoms with Gasteiger partial charge in [-0.15, -0.1) is 0 Å². The number of hydrogen-bond acceptors (Lipinski definition) is 1. The van der Waals surface area contributed by atoms with E-state index in [1.807, 2.05) is 30.3 Å². The van der Waals surface area contributed by atoms with Crippen molar-refractivity contribution in [2.45, 2.75) is 0 Å². The van der Waals surface area contributed by atoms with Crippen LogP contribution in [0.25, 0.3) is 33.0 Å². The van der Waals surface area contributed by atoms with Crippen LogP contribution in [0.1, 0.15) is 0 Å². The van der Waals surface area contributed by atoms with Gasteiger partial charge >= 0.3 is 0 Å². The molecule has 2 heteroatoms. The summed E-state index contributed by atoms with van der Waals surface area (Å²) in [6, 6.07) is 26.6. The monoisotopic (exact) mass is 328 g/mol. The first kappa shape index (κ1) is 13.6. The van der Waals surface area contributed by atoms with Crippen molar-refractivity contribution in [1.29, 1.82) is 0 Å². The number of para-hydroxylation sites is 1. The zero-order valence-corrected chi connectivity index (χ0v) is 13.5. The smallest absolute Gasteiger partial charge is 0.146 e. The number of fused-ring (bicyclic) bond motifs is 3. The van der Waals surface area contributed by atoms with E-state index < -0.39 is 0 Å². The highest BCUT2D eigenvalue weighted by atomic mass is 35.5. The van der Waals surface area contributed by atoms with Gasteiger partial charge in [0.15, 0.2) is 0 Å². The summed E-state index contributed by atoms with van der Waals surface area (Å²) in [5, 5.41) is 2.98. The van der Waals surface area contributed by atoms with E-state index in [0.717, 1.165) is 11.1 Å². The first-order chi connectivity index (χ1) is 11.8. The quantitative estimate of drug-likeness (QED) is 0.341. The van der Waals surface area contributed by atoms with Crippen molar-refractivity contribution in [1.82, 2.24) is 0 Å². The molecule has 1 aliphatic rings. The summed E-state index contributed by atoms with van der Waals surface area (Å²) in [7, 11) is 0. The molecule has 0 aromatic heterocycles. The molecule has 5 rings (SSSR count). The molecule has 0 unspecified atom stereocenters. The molecule has 0 atom stereocenters. The van der Waals surface area contributed by atoms with Gasteiger partial charge in [0.2, 0.25) is 0 Å². The van der Waals surface area contributed by atoms with Crippen LogP contribution in [0, 0.1) is 0 Å². The number of halogens is 1. The topological polar surface area (TPSA) is 9.23 Å². The lowest BCUT2D eigenvalue weighted by atomic mass is 10.0. The summed E-state index contributed by atoms with van der Waals surface area (Å²) in [5.74, 6) is 1.51. The van der Waals surface area contributed by atoms with Crippen LogP contribution < -0.4 is 4.74 Å². The maximum Gasteiger partial charge on any atom is 0.146 e. The maximum absolute atomic E-state index is 6.25. The SMILES string of the molecule is Clc1ccccc1Oc1ccc2c3c(cccc13)-c1ccccc1-2. The molecule has 1 nitrogen and oxygen atoms in total. The maximum atomic E-state index is 6.25. The van der Waals surface area contributed by atoms with Gasteiger partial charge in [0.25, 0.3) is 0 Å². The van der Waals surface area contributed by atoms with Gasteiger partial charge in [-0.2, -0.15) is 0 Å². The lowest BCUT2D eigenvalue weighted by Gasteiger charge is -2.11. The van der Waals surface area contributed by atoms with Gasteiger partial charge in [0.1, 0.15) is 11.5 Å². The zero-order valence-electron chi connectivity index (χ0n) is 12.8. The van der Waals surface area contributed by atoms with E-state index in [-0.39, 0.29) is 0 Å². The van der Waals surface area contributed by atoms with Gasteiger partial charge in [-0.25, -0.2) is 0 Å². The van der Waals surface area contributed by atoms with Crippen LogP contribution in [0.3, 0.4) is 0 Å².